The smallest absolute Gasteiger partial charge is 0.118 e. The van der Waals surface area contributed by atoms with Crippen LogP contribution < -0.4 is 10.5 Å². The Balaban J connectivity index is 1.83. The van der Waals surface area contributed by atoms with Crippen molar-refractivity contribution in [2.24, 2.45) is 5.73 Å². The average molecular weight is 248 g/mol. The molecule has 0 radical (unpaired) electrons. The second-order valence-electron chi connectivity index (χ2n) is 5.24. The molecule has 2 N–H and O–H groups in total. The van der Waals surface area contributed by atoms with Gasteiger partial charge in [-0.05, 0) is 44.0 Å². The topological polar surface area (TPSA) is 38.5 Å². The summed E-state index contributed by atoms with van der Waals surface area (Å²) in [6, 6.07) is 9.27. The van der Waals surface area contributed by atoms with E-state index < -0.39 is 0 Å². The van der Waals surface area contributed by atoms with Gasteiger partial charge in [-0.15, -0.1) is 0 Å². The van der Waals surface area contributed by atoms with Gasteiger partial charge in [-0.2, -0.15) is 0 Å². The molecule has 1 saturated carbocycles. The largest absolute Gasteiger partial charge is 0.497 e. The van der Waals surface area contributed by atoms with E-state index in [0.29, 0.717) is 12.1 Å². The van der Waals surface area contributed by atoms with Gasteiger partial charge in [-0.1, -0.05) is 18.6 Å². The number of rotatable bonds is 5. The summed E-state index contributed by atoms with van der Waals surface area (Å²) in [5.41, 5.74) is 7.48. The van der Waals surface area contributed by atoms with E-state index in [9.17, 15) is 0 Å². The lowest BCUT2D eigenvalue weighted by Crippen LogP contribution is -2.42. The molecule has 0 bridgehead atoms. The van der Waals surface area contributed by atoms with E-state index >= 15 is 0 Å². The molecule has 1 aliphatic rings. The van der Waals surface area contributed by atoms with Crippen molar-refractivity contribution in [1.82, 2.24) is 4.90 Å². The number of benzene rings is 1. The summed E-state index contributed by atoms with van der Waals surface area (Å²) in [6.45, 7) is 1.07. The van der Waals surface area contributed by atoms with Crippen LogP contribution in [-0.4, -0.2) is 37.7 Å². The second-order valence-corrected chi connectivity index (χ2v) is 5.24. The molecule has 3 nitrogen and oxygen atoms in total. The Morgan fingerprint density at radius 3 is 2.56 bits per heavy atom. The molecule has 18 heavy (non-hydrogen) atoms. The first-order chi connectivity index (χ1) is 8.70. The Labute approximate surface area is 110 Å². The monoisotopic (exact) mass is 248 g/mol. The number of nitrogens with two attached hydrogens (primary N) is 1. The van der Waals surface area contributed by atoms with Crippen LogP contribution in [0.2, 0.25) is 0 Å². The minimum atomic E-state index is 0.367. The zero-order valence-electron chi connectivity index (χ0n) is 11.4. The summed E-state index contributed by atoms with van der Waals surface area (Å²) in [5.74, 6) is 0.921. The van der Waals surface area contributed by atoms with Crippen LogP contribution in [0, 0.1) is 0 Å². The second kappa shape index (κ2) is 6.21. The first-order valence-corrected chi connectivity index (χ1v) is 6.79. The van der Waals surface area contributed by atoms with Crippen molar-refractivity contribution in [3.63, 3.8) is 0 Å². The van der Waals surface area contributed by atoms with Crippen LogP contribution in [0.5, 0.6) is 5.75 Å². The molecular formula is C15H24N2O. The molecule has 1 aliphatic carbocycles. The van der Waals surface area contributed by atoms with Gasteiger partial charge < -0.3 is 15.4 Å². The fraction of sp³-hybridized carbons (Fsp3) is 0.600. The summed E-state index contributed by atoms with van der Waals surface area (Å²) < 4.78 is 5.16. The Morgan fingerprint density at radius 2 is 2.00 bits per heavy atom. The molecule has 0 heterocycles. The normalized spacial score (nSPS) is 23.6. The molecular weight excluding hydrogens is 224 g/mol. The van der Waals surface area contributed by atoms with Crippen LogP contribution >= 0.6 is 0 Å². The van der Waals surface area contributed by atoms with Gasteiger partial charge in [0, 0.05) is 18.6 Å². The summed E-state index contributed by atoms with van der Waals surface area (Å²) in [6.07, 6.45) is 4.78. The molecule has 0 spiro atoms. The van der Waals surface area contributed by atoms with Crippen molar-refractivity contribution in [1.29, 1.82) is 0 Å². The molecule has 0 amide bonds. The highest BCUT2D eigenvalue weighted by Gasteiger charge is 2.26. The van der Waals surface area contributed by atoms with Gasteiger partial charge in [0.2, 0.25) is 0 Å². The van der Waals surface area contributed by atoms with Gasteiger partial charge >= 0.3 is 0 Å². The molecule has 0 aromatic heterocycles. The highest BCUT2D eigenvalue weighted by molar-refractivity contribution is 5.27. The number of hydrogen-bond donors (Lipinski definition) is 1. The molecule has 3 heteroatoms. The van der Waals surface area contributed by atoms with Crippen molar-refractivity contribution < 1.29 is 4.74 Å². The number of nitrogens with zero attached hydrogens (tertiary/aromatic N) is 1. The minimum absolute atomic E-state index is 0.367. The summed E-state index contributed by atoms with van der Waals surface area (Å²) in [7, 11) is 3.89. The maximum Gasteiger partial charge on any atom is 0.118 e. The first-order valence-electron chi connectivity index (χ1n) is 6.79. The van der Waals surface area contributed by atoms with Gasteiger partial charge in [-0.3, -0.25) is 0 Å². The summed E-state index contributed by atoms with van der Waals surface area (Å²) in [5, 5.41) is 0. The Morgan fingerprint density at radius 1 is 1.28 bits per heavy atom. The third-order valence-electron chi connectivity index (χ3n) is 4.01. The molecule has 1 aromatic carbocycles. The lowest BCUT2D eigenvalue weighted by atomic mass is 10.1. The fourth-order valence-electron chi connectivity index (χ4n) is 2.78. The van der Waals surface area contributed by atoms with E-state index in [2.05, 4.69) is 24.1 Å². The number of hydrogen-bond acceptors (Lipinski definition) is 3. The number of likely N-dealkylation sites (N-methyl/N-ethyl adjacent to an activating group) is 1. The molecule has 0 saturated heterocycles. The maximum atomic E-state index is 6.13. The third kappa shape index (κ3) is 3.24. The number of methoxy groups -OCH3 is 1. The highest BCUT2D eigenvalue weighted by atomic mass is 16.5. The van der Waals surface area contributed by atoms with E-state index in [1.165, 1.54) is 24.8 Å². The third-order valence-corrected chi connectivity index (χ3v) is 4.01. The van der Waals surface area contributed by atoms with Gasteiger partial charge in [0.1, 0.15) is 5.75 Å². The average Bonchev–Trinajstić information content (AvgIpc) is 2.83. The van der Waals surface area contributed by atoms with E-state index in [0.717, 1.165) is 18.7 Å². The lowest BCUT2D eigenvalue weighted by molar-refractivity contribution is 0.231. The van der Waals surface area contributed by atoms with Crippen molar-refractivity contribution >= 4 is 0 Å². The highest BCUT2D eigenvalue weighted by Crippen LogP contribution is 2.22. The zero-order valence-corrected chi connectivity index (χ0v) is 11.4. The van der Waals surface area contributed by atoms with Crippen molar-refractivity contribution in [3.05, 3.63) is 29.8 Å². The van der Waals surface area contributed by atoms with Gasteiger partial charge in [0.15, 0.2) is 0 Å². The van der Waals surface area contributed by atoms with Crippen molar-refractivity contribution in [3.8, 4) is 5.75 Å². The number of ether oxygens (including phenoxy) is 1. The molecule has 1 aromatic rings. The lowest BCUT2D eigenvalue weighted by Gasteiger charge is -2.27. The van der Waals surface area contributed by atoms with Gasteiger partial charge in [-0.25, -0.2) is 0 Å². The van der Waals surface area contributed by atoms with Crippen LogP contribution in [0.1, 0.15) is 24.8 Å². The van der Waals surface area contributed by atoms with Gasteiger partial charge in [0.05, 0.1) is 7.11 Å². The quantitative estimate of drug-likeness (QED) is 0.866. The van der Waals surface area contributed by atoms with Crippen LogP contribution in [-0.2, 0) is 6.42 Å². The van der Waals surface area contributed by atoms with Crippen molar-refractivity contribution in [2.45, 2.75) is 37.8 Å². The van der Waals surface area contributed by atoms with E-state index in [1.807, 2.05) is 12.1 Å². The predicted octanol–water partition coefficient (Wildman–Crippen LogP) is 2.05. The molecule has 1 fully saturated rings. The molecule has 100 valence electrons. The fourth-order valence-corrected chi connectivity index (χ4v) is 2.78. The SMILES string of the molecule is COc1ccc(CCN(C)C2CCCC2N)cc1. The van der Waals surface area contributed by atoms with Gasteiger partial charge in [0.25, 0.3) is 0 Å². The van der Waals surface area contributed by atoms with Crippen LogP contribution in [0.25, 0.3) is 0 Å². The molecule has 2 rings (SSSR count). The maximum absolute atomic E-state index is 6.13. The first kappa shape index (κ1) is 13.4. The minimum Gasteiger partial charge on any atom is -0.497 e. The van der Waals surface area contributed by atoms with Crippen LogP contribution in [0.4, 0.5) is 0 Å². The predicted molar refractivity (Wildman–Crippen MR) is 74.9 cm³/mol. The Hall–Kier alpha value is -1.06. The Kier molecular flexibility index (Phi) is 4.61. The standard InChI is InChI=1S/C15H24N2O/c1-17(15-5-3-4-14(15)16)11-10-12-6-8-13(18-2)9-7-12/h6-9,14-15H,3-5,10-11,16H2,1-2H3. The van der Waals surface area contributed by atoms with Crippen LogP contribution in [0.3, 0.4) is 0 Å². The molecule has 2 unspecified atom stereocenters. The van der Waals surface area contributed by atoms with Crippen LogP contribution in [0.15, 0.2) is 24.3 Å². The van der Waals surface area contributed by atoms with E-state index in [4.69, 9.17) is 10.5 Å². The zero-order chi connectivity index (χ0) is 13.0. The van der Waals surface area contributed by atoms with E-state index in [-0.39, 0.29) is 0 Å². The van der Waals surface area contributed by atoms with E-state index in [1.54, 1.807) is 7.11 Å². The molecule has 0 aliphatic heterocycles. The summed E-state index contributed by atoms with van der Waals surface area (Å²) in [4.78, 5) is 2.42. The summed E-state index contributed by atoms with van der Waals surface area (Å²) >= 11 is 0. The molecule has 2 atom stereocenters. The van der Waals surface area contributed by atoms with Crippen molar-refractivity contribution in [2.75, 3.05) is 20.7 Å². The Bertz CT molecular complexity index is 363.